The number of aromatic nitrogens is 10. The van der Waals surface area contributed by atoms with Crippen LogP contribution in [0.5, 0.6) is 0 Å². The smallest absolute Gasteiger partial charge is 0.159 e. The normalized spacial score (nSPS) is 13.6. The van der Waals surface area contributed by atoms with Crippen molar-refractivity contribution in [2.45, 2.75) is 267 Å². The fourth-order valence-corrected chi connectivity index (χ4v) is 13.9. The number of benzene rings is 7. The van der Waals surface area contributed by atoms with Crippen LogP contribution >= 0.6 is 0 Å². The maximum atomic E-state index is 8.56. The largest absolute Gasteiger partial charge is 0.258 e. The van der Waals surface area contributed by atoms with Crippen LogP contribution < -0.4 is 0 Å². The molecule has 0 N–H and O–H groups in total. The molecule has 0 radical (unpaired) electrons. The van der Waals surface area contributed by atoms with E-state index in [0.717, 1.165) is 179 Å². The Morgan fingerprint density at radius 2 is 0.411 bits per heavy atom. The molecule has 0 spiro atoms. The maximum Gasteiger partial charge on any atom is 0.159 e. The molecular weight excluding hydrogens is 1370 g/mol. The van der Waals surface area contributed by atoms with Crippen LogP contribution in [0.15, 0.2) is 171 Å². The summed E-state index contributed by atoms with van der Waals surface area (Å²) in [5.74, 6) is -4.40. The van der Waals surface area contributed by atoms with Crippen molar-refractivity contribution >= 4 is 0 Å². The average molecular weight is 1500 g/mol. The molecule has 0 saturated heterocycles. The second-order valence-corrected chi connectivity index (χ2v) is 31.9. The van der Waals surface area contributed by atoms with Gasteiger partial charge in [-0.15, -0.1) is 0 Å². The number of rotatable bonds is 17. The molecule has 0 aliphatic carbocycles. The first-order chi connectivity index (χ1) is 55.9. The number of hydrogen-bond donors (Lipinski definition) is 0. The SMILES string of the molecule is [2H]C(C)(C)c1cc(-c2ccc(-c3cnc(C)nc3)cc2)cc(C([2H])(C)C)c1C.[2H]C(C)(C)c1cc(-c2ccc(-c3ncc(C)cn3)cc2)cc(C([2H])(C)C)c1C.[2H]C(C)(C)c1cc(-c2cnc(C)cn2)cc(C([2H])(C)C)c1C.[2H]C(C)(C)c1cc(-c2cnc(C)nc2)cc(C([2H])(C)C)c1C.[2H]C(C)(C)c1cc(-c2ncc(C)cn2)cc(C([2H])(C)C)c1C. The maximum absolute atomic E-state index is 8.56. The van der Waals surface area contributed by atoms with Gasteiger partial charge < -0.3 is 0 Å². The van der Waals surface area contributed by atoms with Crippen LogP contribution in [-0.4, -0.2) is 49.8 Å². The van der Waals surface area contributed by atoms with E-state index in [1.165, 1.54) is 0 Å². The molecule has 0 fully saturated rings. The van der Waals surface area contributed by atoms with Gasteiger partial charge in [-0.3, -0.25) is 9.97 Å². The van der Waals surface area contributed by atoms with E-state index in [2.05, 4.69) is 111 Å². The molecule has 12 aromatic rings. The minimum Gasteiger partial charge on any atom is -0.258 e. The predicted molar refractivity (Wildman–Crippen MR) is 476 cm³/mol. The van der Waals surface area contributed by atoms with Crippen LogP contribution in [0.1, 0.15) is 323 Å². The predicted octanol–water partition coefficient (Wildman–Crippen LogP) is 28.4. The Labute approximate surface area is 688 Å². The monoisotopic (exact) mass is 1500 g/mol. The van der Waals surface area contributed by atoms with Crippen molar-refractivity contribution in [3.05, 3.63) is 283 Å². The molecule has 10 nitrogen and oxygen atoms in total. The summed E-state index contributed by atoms with van der Waals surface area (Å²) in [4.78, 5) is 43.4. The summed E-state index contributed by atoms with van der Waals surface area (Å²) in [7, 11) is 0. The highest BCUT2D eigenvalue weighted by Crippen LogP contribution is 2.39. The third-order valence-electron chi connectivity index (χ3n) is 20.2. The Hall–Kier alpha value is -10.1. The minimum atomic E-state index is -0.731. The summed E-state index contributed by atoms with van der Waals surface area (Å²) >= 11 is 0. The van der Waals surface area contributed by atoms with Gasteiger partial charge in [-0.1, -0.05) is 223 Å². The van der Waals surface area contributed by atoms with E-state index in [1.54, 1.807) is 37.2 Å². The van der Waals surface area contributed by atoms with E-state index < -0.39 is 58.9 Å². The van der Waals surface area contributed by atoms with Gasteiger partial charge in [0.05, 0.1) is 17.6 Å². The molecule has 0 atom stereocenters. The van der Waals surface area contributed by atoms with Crippen molar-refractivity contribution in [2.24, 2.45) is 0 Å². The van der Waals surface area contributed by atoms with Crippen molar-refractivity contribution in [1.82, 2.24) is 49.8 Å². The van der Waals surface area contributed by atoms with Crippen molar-refractivity contribution < 1.29 is 13.7 Å². The van der Waals surface area contributed by atoms with Gasteiger partial charge in [0.15, 0.2) is 11.6 Å². The van der Waals surface area contributed by atoms with Gasteiger partial charge in [0, 0.05) is 97.3 Å². The molecule has 0 unspecified atom stereocenters. The first kappa shape index (κ1) is 73.4. The van der Waals surface area contributed by atoms with Crippen LogP contribution in [0.3, 0.4) is 0 Å². The van der Waals surface area contributed by atoms with E-state index in [0.29, 0.717) is 11.6 Å². The number of nitrogens with zero attached hydrogens (tertiary/aromatic N) is 10. The van der Waals surface area contributed by atoms with E-state index in [-0.39, 0.29) is 0 Å². The molecule has 586 valence electrons. The van der Waals surface area contributed by atoms with Crippen LogP contribution in [0.25, 0.3) is 78.5 Å². The molecule has 0 aliphatic rings. The fraction of sp³-hybridized carbons (Fsp3) is 0.392. The lowest BCUT2D eigenvalue weighted by Gasteiger charge is -2.19. The minimum absolute atomic E-state index is 0.640. The van der Waals surface area contributed by atoms with Crippen LogP contribution in [-0.2, 0) is 0 Å². The first-order valence-electron chi connectivity index (χ1n) is 43.9. The van der Waals surface area contributed by atoms with Crippen LogP contribution in [0, 0.1) is 69.2 Å². The topological polar surface area (TPSA) is 129 Å². The molecular formula is C102H128N10. The second kappa shape index (κ2) is 39.4. The fourth-order valence-electron chi connectivity index (χ4n) is 13.9. The van der Waals surface area contributed by atoms with Crippen molar-refractivity contribution in [3.63, 3.8) is 0 Å². The quantitative estimate of drug-likeness (QED) is 0.0869. The van der Waals surface area contributed by atoms with E-state index in [1.807, 2.05) is 281 Å². The molecule has 112 heavy (non-hydrogen) atoms. The Morgan fingerprint density at radius 1 is 0.196 bits per heavy atom. The third kappa shape index (κ3) is 22.6. The summed E-state index contributed by atoms with van der Waals surface area (Å²) in [6.45, 7) is 57.3. The van der Waals surface area contributed by atoms with Crippen molar-refractivity contribution in [2.75, 3.05) is 0 Å². The van der Waals surface area contributed by atoms with E-state index >= 15 is 0 Å². The molecule has 0 amide bonds. The highest BCUT2D eigenvalue weighted by Gasteiger charge is 2.21. The molecule has 0 saturated carbocycles. The molecule has 5 aromatic heterocycles. The standard InChI is InChI=1S/2C24H28N2.3C18H24N2/c1-15(2)23-11-21(12-24(16(3)4)17(23)5)19-7-9-20(10-8-19)22-13-25-18(6)26-14-22;1-15(2)22-11-21(12-23(16(3)4)18(22)6)19-7-9-20(10-8-19)24-25-13-17(5)14-26-24;1-11(2)17-7-15(8-18(12(3)4)13(17)5)16-9-19-14(6)20-10-16;1-11(2)16-7-15(8-17(12(3)4)14(16)6)18-10-19-13(5)9-20-18;1-11(2)16-7-15(8-17(12(3)4)14(16)6)18-19-9-13(5)10-20-18/h2*7-16H,1-6H3;3*7-12H,1-6H3/i2*15D,16D;3*11D,12D. The lowest BCUT2D eigenvalue weighted by Crippen LogP contribution is -2.02. The van der Waals surface area contributed by atoms with Gasteiger partial charge in [-0.2, -0.15) is 0 Å². The van der Waals surface area contributed by atoms with Crippen molar-refractivity contribution in [1.29, 1.82) is 0 Å². The highest BCUT2D eigenvalue weighted by atomic mass is 14.9. The van der Waals surface area contributed by atoms with E-state index in [4.69, 9.17) is 13.7 Å². The second-order valence-electron chi connectivity index (χ2n) is 31.9. The summed E-state index contributed by atoms with van der Waals surface area (Å²) in [6.07, 6.45) is 18.0. The molecule has 0 aliphatic heterocycles. The first-order valence-corrected chi connectivity index (χ1v) is 38.9. The van der Waals surface area contributed by atoms with Crippen LogP contribution in [0.4, 0.5) is 0 Å². The Kier molecular flexibility index (Phi) is 25.8. The molecule has 0 bridgehead atoms. The molecule has 5 heterocycles. The zero-order valence-electron chi connectivity index (χ0n) is 82.6. The summed E-state index contributed by atoms with van der Waals surface area (Å²) in [5.41, 5.74) is 29.2. The summed E-state index contributed by atoms with van der Waals surface area (Å²) in [6, 6.07) is 36.9. The summed E-state index contributed by atoms with van der Waals surface area (Å²) < 4.78 is 84.7. The van der Waals surface area contributed by atoms with E-state index in [9.17, 15) is 0 Å². The lowest BCUT2D eigenvalue weighted by molar-refractivity contribution is 0.817. The Balaban J connectivity index is 0.000000190. The Bertz CT molecular complexity index is 4970. The molecule has 10 heteroatoms. The van der Waals surface area contributed by atoms with Gasteiger partial charge in [0.2, 0.25) is 0 Å². The highest BCUT2D eigenvalue weighted by molar-refractivity contribution is 5.73. The summed E-state index contributed by atoms with van der Waals surface area (Å²) in [5, 5.41) is 0. The average Bonchev–Trinajstić information content (AvgIpc) is 0.791. The lowest BCUT2D eigenvalue weighted by atomic mass is 9.86. The zero-order chi connectivity index (χ0) is 91.5. The molecule has 12 rings (SSSR count). The van der Waals surface area contributed by atoms with Gasteiger partial charge in [-0.25, -0.2) is 39.9 Å². The van der Waals surface area contributed by atoms with Gasteiger partial charge in [0.1, 0.15) is 11.6 Å². The zero-order valence-corrected chi connectivity index (χ0v) is 72.6. The van der Waals surface area contributed by atoms with Gasteiger partial charge in [0.25, 0.3) is 0 Å². The van der Waals surface area contributed by atoms with Crippen molar-refractivity contribution in [3.8, 4) is 78.5 Å². The van der Waals surface area contributed by atoms with Gasteiger partial charge in [-0.05, 0) is 280 Å². The third-order valence-corrected chi connectivity index (χ3v) is 20.2. The number of aryl methyl sites for hydroxylation is 5. The molecule has 7 aromatic carbocycles. The number of hydrogen-bond acceptors (Lipinski definition) is 10. The van der Waals surface area contributed by atoms with Crippen LogP contribution in [0.2, 0.25) is 0 Å². The van der Waals surface area contributed by atoms with Gasteiger partial charge >= 0.3 is 0 Å². The Morgan fingerprint density at radius 3 is 0.661 bits per heavy atom.